The molecule has 10 heavy (non-hydrogen) atoms. The molecule has 0 aliphatic heterocycles. The fourth-order valence-corrected chi connectivity index (χ4v) is 0. The topological polar surface area (TPSA) is 68.3 Å². The molecule has 0 amide bonds. The van der Waals surface area contributed by atoms with Crippen LogP contribution in [0.1, 0.15) is 0 Å². The van der Waals surface area contributed by atoms with Crippen LogP contribution in [0.25, 0.3) is 0 Å². The second-order valence-electron chi connectivity index (χ2n) is 0. The zero-order valence-corrected chi connectivity index (χ0v) is 19.9. The Morgan fingerprint density at radius 2 is 0.600 bits per heavy atom. The number of hydrogen-bond acceptors (Lipinski definition) is 4. The Bertz CT molecular complexity index is 27.2. The van der Waals surface area contributed by atoms with Crippen molar-refractivity contribution >= 4 is 77.5 Å². The minimum Gasteiger partial charge on any atom is 0 e. The van der Waals surface area contributed by atoms with E-state index < -0.39 is 0 Å². The quantitative estimate of drug-likeness (QED) is 0.353. The van der Waals surface area contributed by atoms with Gasteiger partial charge >= 0.3 is 91.2 Å². The van der Waals surface area contributed by atoms with Crippen molar-refractivity contribution in [3.05, 3.63) is 0 Å². The smallest absolute Gasteiger partial charge is 0 e. The van der Waals surface area contributed by atoms with Crippen molar-refractivity contribution in [1.29, 1.82) is 0 Å². The van der Waals surface area contributed by atoms with E-state index in [1.54, 1.807) is 0 Å². The van der Waals surface area contributed by atoms with Gasteiger partial charge in [-0.15, -0.1) is 0 Å². The van der Waals surface area contributed by atoms with Gasteiger partial charge in [-0.25, -0.2) is 0 Å². The molecule has 0 atom stereocenters. The molecule has 0 aromatic carbocycles. The minimum absolute atomic E-state index is 0. The molecule has 0 heterocycles. The third kappa shape index (κ3) is 117. The standard InChI is InChI=1S/2Al.4O.2Sn.2Zn.2H. The number of hydrogen-bond donors (Lipinski definition) is 0. The molecule has 0 aromatic heterocycles. The molecule has 0 fully saturated rings. The molecule has 0 aromatic rings. The second kappa shape index (κ2) is 155. The van der Waals surface area contributed by atoms with Gasteiger partial charge in [0.1, 0.15) is 0 Å². The normalized spacial score (nSPS) is 1.40. The average molecular weight is 488 g/mol. The first-order valence-corrected chi connectivity index (χ1v) is 4.47. The van der Waals surface area contributed by atoms with Gasteiger partial charge in [0.15, 0.2) is 0 Å². The molecule has 0 spiro atoms. The Balaban J connectivity index is -0.00000000500. The third-order valence-corrected chi connectivity index (χ3v) is 0. The molecule has 0 N–H and O–H groups in total. The summed E-state index contributed by atoms with van der Waals surface area (Å²) in [5, 5.41) is 0. The molecule has 4 nitrogen and oxygen atoms in total. The summed E-state index contributed by atoms with van der Waals surface area (Å²) in [6.07, 6.45) is 0. The largest absolute Gasteiger partial charge is 0 e. The summed E-state index contributed by atoms with van der Waals surface area (Å²) < 4.78 is 33.2. The Hall–Kier alpha value is 3.11. The van der Waals surface area contributed by atoms with E-state index in [0.717, 1.165) is 0 Å². The van der Waals surface area contributed by atoms with Crippen LogP contribution >= 0.6 is 0 Å². The Labute approximate surface area is 128 Å². The zero-order valence-electron chi connectivity index (χ0n) is 5.46. The first-order valence-electron chi connectivity index (χ1n) is 0.986. The number of rotatable bonds is 0. The Morgan fingerprint density at radius 3 is 0.600 bits per heavy atom. The minimum atomic E-state index is 0. The van der Waals surface area contributed by atoms with Gasteiger partial charge in [-0.1, -0.05) is 0 Å². The molecular formula is H2Al2O4Sn2Zn2. The van der Waals surface area contributed by atoms with E-state index in [-0.39, 0.29) is 39.0 Å². The average Bonchev–Trinajstić information content (AvgIpc) is 2.03. The molecule has 0 aliphatic rings. The van der Waals surface area contributed by atoms with Crippen LogP contribution in [-0.4, -0.2) is 77.5 Å². The molecule has 0 rings (SSSR count). The summed E-state index contributed by atoms with van der Waals surface area (Å²) in [4.78, 5) is 0. The van der Waals surface area contributed by atoms with Gasteiger partial charge in [-0.05, 0) is 0 Å². The molecule has 0 saturated heterocycles. The van der Waals surface area contributed by atoms with E-state index in [2.05, 4.69) is 0 Å². The van der Waals surface area contributed by atoms with Crippen LogP contribution in [-0.2, 0) is 52.7 Å². The summed E-state index contributed by atoms with van der Waals surface area (Å²) in [7, 11) is 0. The summed E-state index contributed by atoms with van der Waals surface area (Å²) in [5.41, 5.74) is 0. The SMILES string of the molecule is [O]=[AlH].[O]=[AlH].[O]=[Sn].[O]=[Sn].[Zn].[Zn]. The van der Waals surface area contributed by atoms with Gasteiger partial charge in [-0.2, -0.15) is 0 Å². The van der Waals surface area contributed by atoms with Crippen molar-refractivity contribution in [1.82, 2.24) is 0 Å². The van der Waals surface area contributed by atoms with Crippen molar-refractivity contribution in [2.45, 2.75) is 0 Å². The molecule has 0 aliphatic carbocycles. The van der Waals surface area contributed by atoms with Crippen LogP contribution in [0.15, 0.2) is 0 Å². The molecular weight excluding hydrogens is 486 g/mol. The van der Waals surface area contributed by atoms with Gasteiger partial charge in [0.05, 0.1) is 0 Å². The van der Waals surface area contributed by atoms with Gasteiger partial charge in [0, 0.05) is 39.0 Å². The predicted octanol–water partition coefficient (Wildman–Crippen LogP) is -2.54. The summed E-state index contributed by atoms with van der Waals surface area (Å²) in [5.74, 6) is 0. The molecule has 0 unspecified atom stereocenters. The fraction of sp³-hybridized carbons (Fsp3) is 0. The second-order valence-corrected chi connectivity index (χ2v) is 0. The molecule has 4 radical (unpaired) electrons. The molecule has 10 heteroatoms. The first-order chi connectivity index (χ1) is 4.00. The van der Waals surface area contributed by atoms with Crippen LogP contribution < -0.4 is 0 Å². The fourth-order valence-electron chi connectivity index (χ4n) is 0. The van der Waals surface area contributed by atoms with Gasteiger partial charge < -0.3 is 0 Å². The van der Waals surface area contributed by atoms with E-state index in [9.17, 15) is 0 Å². The van der Waals surface area contributed by atoms with E-state index in [1.807, 2.05) is 0 Å². The summed E-state index contributed by atoms with van der Waals surface area (Å²) in [6, 6.07) is 0. The van der Waals surface area contributed by atoms with Crippen LogP contribution in [0, 0.1) is 0 Å². The Kier molecular flexibility index (Phi) is 588. The van der Waals surface area contributed by atoms with E-state index in [4.69, 9.17) is 13.8 Å². The van der Waals surface area contributed by atoms with Crippen molar-refractivity contribution < 1.29 is 52.7 Å². The van der Waals surface area contributed by atoms with Crippen molar-refractivity contribution in [2.75, 3.05) is 0 Å². The predicted molar refractivity (Wildman–Crippen MR) is 28.6 cm³/mol. The monoisotopic (exact) mass is 488 g/mol. The maximum atomic E-state index is 8.34. The maximum Gasteiger partial charge on any atom is 0 e. The maximum absolute atomic E-state index is 8.34. The first kappa shape index (κ1) is 38.0. The van der Waals surface area contributed by atoms with E-state index >= 15 is 0 Å². The van der Waals surface area contributed by atoms with Crippen molar-refractivity contribution in [3.8, 4) is 0 Å². The van der Waals surface area contributed by atoms with Gasteiger partial charge in [0.2, 0.25) is 0 Å². The summed E-state index contributed by atoms with van der Waals surface area (Å²) >= 11 is 1.82. The molecule has 44 valence electrons. The zero-order chi connectivity index (χ0) is 8.00. The molecule has 0 bridgehead atoms. The van der Waals surface area contributed by atoms with Gasteiger partial charge in [-0.3, -0.25) is 0 Å². The van der Waals surface area contributed by atoms with Crippen LogP contribution in [0.5, 0.6) is 0 Å². The van der Waals surface area contributed by atoms with Crippen LogP contribution in [0.4, 0.5) is 0 Å². The van der Waals surface area contributed by atoms with Crippen molar-refractivity contribution in [2.24, 2.45) is 0 Å². The molecule has 0 saturated carbocycles. The van der Waals surface area contributed by atoms with Crippen LogP contribution in [0.3, 0.4) is 0 Å². The van der Waals surface area contributed by atoms with Crippen LogP contribution in [0.2, 0.25) is 0 Å². The van der Waals surface area contributed by atoms with E-state index in [0.29, 0.717) is 77.5 Å². The van der Waals surface area contributed by atoms with Crippen molar-refractivity contribution in [3.63, 3.8) is 0 Å². The Morgan fingerprint density at radius 1 is 0.600 bits per heavy atom. The third-order valence-electron chi connectivity index (χ3n) is 0. The van der Waals surface area contributed by atoms with Gasteiger partial charge in [0.25, 0.3) is 0 Å². The van der Waals surface area contributed by atoms with E-state index in [1.165, 1.54) is 0 Å². The summed E-state index contributed by atoms with van der Waals surface area (Å²) in [6.45, 7) is 0.